The van der Waals surface area contributed by atoms with Crippen LogP contribution in [-0.4, -0.2) is 9.97 Å². The van der Waals surface area contributed by atoms with Crippen LogP contribution in [0.1, 0.15) is 0 Å². The second kappa shape index (κ2) is 3.32. The summed E-state index contributed by atoms with van der Waals surface area (Å²) in [6.45, 7) is 0. The highest BCUT2D eigenvalue weighted by molar-refractivity contribution is 7.08. The molecule has 0 fully saturated rings. The number of rotatable bonds is 1. The van der Waals surface area contributed by atoms with Crippen molar-refractivity contribution in [1.82, 2.24) is 9.97 Å². The van der Waals surface area contributed by atoms with Crippen LogP contribution in [0.15, 0.2) is 23.2 Å². The van der Waals surface area contributed by atoms with Gasteiger partial charge in [0.05, 0.1) is 5.69 Å². The molecule has 2 aromatic heterocycles. The Hall–Kier alpha value is -1.13. The zero-order valence-corrected chi connectivity index (χ0v) is 8.14. The van der Waals surface area contributed by atoms with E-state index in [1.165, 1.54) is 6.33 Å². The van der Waals surface area contributed by atoms with E-state index in [9.17, 15) is 0 Å². The van der Waals surface area contributed by atoms with Gasteiger partial charge in [0.2, 0.25) is 0 Å². The Balaban J connectivity index is 2.59. The fraction of sp³-hybridized carbons (Fsp3) is 0. The van der Waals surface area contributed by atoms with Gasteiger partial charge < -0.3 is 5.73 Å². The Labute approximate surface area is 84.2 Å². The normalized spacial score (nSPS) is 10.2. The van der Waals surface area contributed by atoms with Crippen LogP contribution < -0.4 is 5.73 Å². The maximum Gasteiger partial charge on any atom is 0.146 e. The lowest BCUT2D eigenvalue weighted by Crippen LogP contribution is -1.94. The average Bonchev–Trinajstić information content (AvgIpc) is 2.62. The molecule has 2 N–H and O–H groups in total. The maximum absolute atomic E-state index is 5.94. The van der Waals surface area contributed by atoms with Crippen LogP contribution in [0, 0.1) is 0 Å². The molecule has 0 atom stereocenters. The number of hydrogen-bond donors (Lipinski definition) is 1. The summed E-state index contributed by atoms with van der Waals surface area (Å²) in [6, 6.07) is 1.94. The highest BCUT2D eigenvalue weighted by Crippen LogP contribution is 2.29. The average molecular weight is 212 g/mol. The van der Waals surface area contributed by atoms with Gasteiger partial charge in [-0.15, -0.1) is 0 Å². The van der Waals surface area contributed by atoms with E-state index in [-0.39, 0.29) is 0 Å². The fourth-order valence-electron chi connectivity index (χ4n) is 0.984. The van der Waals surface area contributed by atoms with Crippen LogP contribution >= 0.6 is 22.9 Å². The molecular weight excluding hydrogens is 206 g/mol. The SMILES string of the molecule is Nc1ncnc(-c2ccsc2)c1Cl. The van der Waals surface area contributed by atoms with Crippen LogP contribution in [0.3, 0.4) is 0 Å². The van der Waals surface area contributed by atoms with Gasteiger partial charge in [-0.3, -0.25) is 0 Å². The van der Waals surface area contributed by atoms with Gasteiger partial charge in [0.1, 0.15) is 17.2 Å². The van der Waals surface area contributed by atoms with Gasteiger partial charge in [0.15, 0.2) is 0 Å². The Kier molecular flexibility index (Phi) is 2.16. The quantitative estimate of drug-likeness (QED) is 0.788. The summed E-state index contributed by atoms with van der Waals surface area (Å²) in [5, 5.41) is 4.35. The maximum atomic E-state index is 5.94. The first kappa shape index (κ1) is 8.47. The van der Waals surface area contributed by atoms with Gasteiger partial charge in [-0.1, -0.05) is 11.6 Å². The molecule has 0 unspecified atom stereocenters. The lowest BCUT2D eigenvalue weighted by Gasteiger charge is -2.01. The molecule has 2 rings (SSSR count). The van der Waals surface area contributed by atoms with Crippen molar-refractivity contribution in [3.63, 3.8) is 0 Å². The van der Waals surface area contributed by atoms with Gasteiger partial charge in [-0.2, -0.15) is 11.3 Å². The lowest BCUT2D eigenvalue weighted by atomic mass is 10.2. The van der Waals surface area contributed by atoms with Gasteiger partial charge in [0.25, 0.3) is 0 Å². The summed E-state index contributed by atoms with van der Waals surface area (Å²) in [5.41, 5.74) is 7.21. The number of thiophene rings is 1. The molecule has 3 nitrogen and oxygen atoms in total. The Bertz CT molecular complexity index is 413. The van der Waals surface area contributed by atoms with E-state index >= 15 is 0 Å². The van der Waals surface area contributed by atoms with Gasteiger partial charge in [0, 0.05) is 10.9 Å². The molecule has 0 radical (unpaired) electrons. The van der Waals surface area contributed by atoms with Crippen molar-refractivity contribution in [1.29, 1.82) is 0 Å². The molecule has 0 aliphatic carbocycles. The van der Waals surface area contributed by atoms with Crippen molar-refractivity contribution >= 4 is 28.8 Å². The van der Waals surface area contributed by atoms with E-state index in [1.807, 2.05) is 16.8 Å². The van der Waals surface area contributed by atoms with E-state index in [1.54, 1.807) is 11.3 Å². The topological polar surface area (TPSA) is 51.8 Å². The smallest absolute Gasteiger partial charge is 0.146 e. The molecule has 0 aromatic carbocycles. The molecule has 2 aromatic rings. The van der Waals surface area contributed by atoms with Crippen molar-refractivity contribution in [2.24, 2.45) is 0 Å². The number of nitrogens with zero attached hydrogens (tertiary/aromatic N) is 2. The van der Waals surface area contributed by atoms with Crippen molar-refractivity contribution < 1.29 is 0 Å². The first-order valence-electron chi connectivity index (χ1n) is 3.57. The molecule has 66 valence electrons. The van der Waals surface area contributed by atoms with Crippen molar-refractivity contribution in [2.75, 3.05) is 5.73 Å². The second-order valence-electron chi connectivity index (χ2n) is 2.43. The minimum Gasteiger partial charge on any atom is -0.382 e. The van der Waals surface area contributed by atoms with E-state index in [4.69, 9.17) is 17.3 Å². The van der Waals surface area contributed by atoms with Gasteiger partial charge >= 0.3 is 0 Å². The molecule has 0 aliphatic heterocycles. The number of anilines is 1. The van der Waals surface area contributed by atoms with Gasteiger partial charge in [-0.05, 0) is 11.4 Å². The molecule has 0 bridgehead atoms. The molecule has 0 spiro atoms. The van der Waals surface area contributed by atoms with Crippen LogP contribution in [0.4, 0.5) is 5.82 Å². The summed E-state index contributed by atoms with van der Waals surface area (Å²) >= 11 is 7.53. The highest BCUT2D eigenvalue weighted by atomic mass is 35.5. The second-order valence-corrected chi connectivity index (χ2v) is 3.59. The van der Waals surface area contributed by atoms with Crippen molar-refractivity contribution in [2.45, 2.75) is 0 Å². The zero-order valence-electron chi connectivity index (χ0n) is 6.57. The van der Waals surface area contributed by atoms with E-state index in [0.29, 0.717) is 16.5 Å². The zero-order chi connectivity index (χ0) is 9.26. The number of hydrogen-bond acceptors (Lipinski definition) is 4. The standard InChI is InChI=1S/C8H6ClN3S/c9-6-7(5-1-2-13-3-5)11-4-12-8(6)10/h1-4H,(H2,10,11,12). The Morgan fingerprint density at radius 1 is 1.38 bits per heavy atom. The van der Waals surface area contributed by atoms with Crippen LogP contribution in [0.5, 0.6) is 0 Å². The summed E-state index contributed by atoms with van der Waals surface area (Å²) in [7, 11) is 0. The highest BCUT2D eigenvalue weighted by Gasteiger charge is 2.08. The Morgan fingerprint density at radius 2 is 2.23 bits per heavy atom. The Morgan fingerprint density at radius 3 is 2.92 bits per heavy atom. The molecule has 0 saturated carbocycles. The first-order chi connectivity index (χ1) is 6.29. The number of nitrogens with two attached hydrogens (primary N) is 1. The summed E-state index contributed by atoms with van der Waals surface area (Å²) in [5.74, 6) is 0.317. The van der Waals surface area contributed by atoms with Crippen LogP contribution in [0.2, 0.25) is 5.02 Å². The predicted octanol–water partition coefficient (Wildman–Crippen LogP) is 2.44. The first-order valence-corrected chi connectivity index (χ1v) is 4.89. The molecule has 2 heterocycles. The summed E-state index contributed by atoms with van der Waals surface area (Å²) in [4.78, 5) is 7.85. The van der Waals surface area contributed by atoms with E-state index in [2.05, 4.69) is 9.97 Å². The van der Waals surface area contributed by atoms with Crippen LogP contribution in [-0.2, 0) is 0 Å². The monoisotopic (exact) mass is 211 g/mol. The minimum atomic E-state index is 0.317. The number of nitrogen functional groups attached to an aromatic ring is 1. The number of halogens is 1. The third-order valence-electron chi connectivity index (χ3n) is 1.61. The molecular formula is C8H6ClN3S. The molecule has 13 heavy (non-hydrogen) atoms. The van der Waals surface area contributed by atoms with E-state index in [0.717, 1.165) is 5.56 Å². The van der Waals surface area contributed by atoms with Crippen molar-refractivity contribution in [3.05, 3.63) is 28.2 Å². The minimum absolute atomic E-state index is 0.317. The summed E-state index contributed by atoms with van der Waals surface area (Å²) < 4.78 is 0. The molecule has 0 amide bonds. The summed E-state index contributed by atoms with van der Waals surface area (Å²) in [6.07, 6.45) is 1.41. The van der Waals surface area contributed by atoms with Crippen LogP contribution in [0.25, 0.3) is 11.3 Å². The fourth-order valence-corrected chi connectivity index (χ4v) is 1.83. The predicted molar refractivity (Wildman–Crippen MR) is 54.8 cm³/mol. The largest absolute Gasteiger partial charge is 0.382 e. The van der Waals surface area contributed by atoms with Crippen molar-refractivity contribution in [3.8, 4) is 11.3 Å². The third-order valence-corrected chi connectivity index (χ3v) is 2.67. The van der Waals surface area contributed by atoms with E-state index < -0.39 is 0 Å². The third kappa shape index (κ3) is 1.50. The number of aromatic nitrogens is 2. The molecule has 0 saturated heterocycles. The molecule has 5 heteroatoms. The lowest BCUT2D eigenvalue weighted by molar-refractivity contribution is 1.18. The van der Waals surface area contributed by atoms with Gasteiger partial charge in [-0.25, -0.2) is 9.97 Å². The molecule has 0 aliphatic rings.